The Labute approximate surface area is 57.7 Å². The topological polar surface area (TPSA) is 0 Å². The zero-order valence-electron chi connectivity index (χ0n) is 5.33. The summed E-state index contributed by atoms with van der Waals surface area (Å²) in [6, 6.07) is 0. The van der Waals surface area contributed by atoms with E-state index in [0.717, 1.165) is 6.42 Å². The highest BCUT2D eigenvalue weighted by Crippen LogP contribution is 2.31. The van der Waals surface area contributed by atoms with Gasteiger partial charge in [-0.15, -0.1) is 0 Å². The molecule has 0 heterocycles. The van der Waals surface area contributed by atoms with Crippen LogP contribution in [-0.2, 0) is 0 Å². The third kappa shape index (κ3) is 1.75. The van der Waals surface area contributed by atoms with Gasteiger partial charge in [-0.25, -0.2) is 0 Å². The van der Waals surface area contributed by atoms with Crippen LogP contribution in [0.3, 0.4) is 0 Å². The molecule has 1 aliphatic carbocycles. The van der Waals surface area contributed by atoms with Crippen LogP contribution in [0.2, 0.25) is 0 Å². The van der Waals surface area contributed by atoms with E-state index in [1.807, 2.05) is 0 Å². The lowest BCUT2D eigenvalue weighted by molar-refractivity contribution is -0.0907. The molecule has 0 fully saturated rings. The summed E-state index contributed by atoms with van der Waals surface area (Å²) in [7, 11) is 0. The summed E-state index contributed by atoms with van der Waals surface area (Å²) in [6.07, 6.45) is 1.07. The van der Waals surface area contributed by atoms with Crippen molar-refractivity contribution < 1.29 is 13.2 Å². The number of rotatable bonds is 0. The fraction of sp³-hybridized carbons (Fsp3) is 0.571. The zero-order valence-corrected chi connectivity index (χ0v) is 5.33. The van der Waals surface area contributed by atoms with E-state index in [1.54, 1.807) is 0 Å². The fourth-order valence-corrected chi connectivity index (χ4v) is 0.860. The molecule has 0 bridgehead atoms. The quantitative estimate of drug-likeness (QED) is 0.495. The summed E-state index contributed by atoms with van der Waals surface area (Å²) in [5.41, 5.74) is -0.584. The summed E-state index contributed by atoms with van der Waals surface area (Å²) in [5.74, 6) is 0. The molecule has 1 aliphatic rings. The first kappa shape index (κ1) is 7.63. The van der Waals surface area contributed by atoms with Crippen LogP contribution in [-0.4, -0.2) is 6.18 Å². The standard InChI is InChI=1S/C7H7F3/c8-7(9,10)6-4-2-1-3-5-6/h4H,1-3H2. The second kappa shape index (κ2) is 2.64. The summed E-state index contributed by atoms with van der Waals surface area (Å²) >= 11 is 0. The third-order valence-corrected chi connectivity index (χ3v) is 1.35. The van der Waals surface area contributed by atoms with Crippen LogP contribution in [0.5, 0.6) is 0 Å². The molecule has 3 heteroatoms. The van der Waals surface area contributed by atoms with Crippen molar-refractivity contribution in [2.45, 2.75) is 25.4 Å². The molecular formula is C7H7F3. The zero-order chi connectivity index (χ0) is 7.61. The molecule has 56 valence electrons. The largest absolute Gasteiger partial charge is 0.412 e. The normalized spacial score (nSPS) is 20.5. The fourth-order valence-electron chi connectivity index (χ4n) is 0.860. The Morgan fingerprint density at radius 3 is 2.40 bits per heavy atom. The number of hydrogen-bond acceptors (Lipinski definition) is 0. The summed E-state index contributed by atoms with van der Waals surface area (Å²) in [6.45, 7) is 0. The Hall–Kier alpha value is -0.470. The summed E-state index contributed by atoms with van der Waals surface area (Å²) < 4.78 is 35.4. The predicted molar refractivity (Wildman–Crippen MR) is 31.2 cm³/mol. The molecule has 0 aromatic heterocycles. The minimum atomic E-state index is -4.18. The maximum Gasteiger partial charge on any atom is 0.412 e. The van der Waals surface area contributed by atoms with Gasteiger partial charge in [0.2, 0.25) is 0 Å². The Balaban J connectivity index is 2.62. The Morgan fingerprint density at radius 2 is 2.10 bits per heavy atom. The van der Waals surface area contributed by atoms with Crippen molar-refractivity contribution >= 4 is 0 Å². The van der Waals surface area contributed by atoms with Gasteiger partial charge in [-0.2, -0.15) is 13.2 Å². The van der Waals surface area contributed by atoms with Gasteiger partial charge in [-0.05, 0) is 19.3 Å². The Morgan fingerprint density at radius 1 is 1.40 bits per heavy atom. The molecule has 0 saturated heterocycles. The first-order valence-electron chi connectivity index (χ1n) is 3.12. The van der Waals surface area contributed by atoms with Gasteiger partial charge < -0.3 is 0 Å². The molecule has 0 spiro atoms. The second-order valence-electron chi connectivity index (χ2n) is 2.18. The summed E-state index contributed by atoms with van der Waals surface area (Å²) in [5, 5.41) is 0. The Bertz CT molecular complexity index is 143. The molecule has 2 radical (unpaired) electrons. The van der Waals surface area contributed by atoms with E-state index in [9.17, 15) is 13.2 Å². The van der Waals surface area contributed by atoms with E-state index in [-0.39, 0.29) is 0 Å². The maximum atomic E-state index is 11.8. The van der Waals surface area contributed by atoms with Crippen LogP contribution in [0.1, 0.15) is 19.3 Å². The lowest BCUT2D eigenvalue weighted by Crippen LogP contribution is -2.14. The van der Waals surface area contributed by atoms with Crippen molar-refractivity contribution in [2.75, 3.05) is 0 Å². The highest BCUT2D eigenvalue weighted by Gasteiger charge is 2.33. The van der Waals surface area contributed by atoms with E-state index in [4.69, 9.17) is 0 Å². The minimum absolute atomic E-state index is 0.436. The molecule has 0 atom stereocenters. The molecule has 0 aromatic carbocycles. The lowest BCUT2D eigenvalue weighted by Gasteiger charge is -2.13. The number of alkyl halides is 3. The monoisotopic (exact) mass is 148 g/mol. The minimum Gasteiger partial charge on any atom is -0.166 e. The SMILES string of the molecule is FC(F)(F)C1=CCCC[C]1. The van der Waals surface area contributed by atoms with Gasteiger partial charge >= 0.3 is 6.18 Å². The van der Waals surface area contributed by atoms with Crippen molar-refractivity contribution in [3.05, 3.63) is 18.1 Å². The average molecular weight is 148 g/mol. The molecule has 0 aliphatic heterocycles. The van der Waals surface area contributed by atoms with E-state index in [2.05, 4.69) is 6.42 Å². The van der Waals surface area contributed by atoms with Gasteiger partial charge in [0, 0.05) is 12.0 Å². The van der Waals surface area contributed by atoms with Gasteiger partial charge in [0.25, 0.3) is 0 Å². The smallest absolute Gasteiger partial charge is 0.166 e. The summed E-state index contributed by atoms with van der Waals surface area (Å²) in [4.78, 5) is 0. The first-order valence-corrected chi connectivity index (χ1v) is 3.12. The van der Waals surface area contributed by atoms with E-state index >= 15 is 0 Å². The highest BCUT2D eigenvalue weighted by atomic mass is 19.4. The van der Waals surface area contributed by atoms with Crippen LogP contribution < -0.4 is 0 Å². The van der Waals surface area contributed by atoms with Crippen molar-refractivity contribution in [2.24, 2.45) is 0 Å². The second-order valence-corrected chi connectivity index (χ2v) is 2.18. The number of halogens is 3. The van der Waals surface area contributed by atoms with E-state index in [1.165, 1.54) is 6.08 Å². The predicted octanol–water partition coefficient (Wildman–Crippen LogP) is 2.74. The van der Waals surface area contributed by atoms with E-state index < -0.39 is 11.7 Å². The average Bonchev–Trinajstić information content (AvgIpc) is 1.88. The van der Waals surface area contributed by atoms with Crippen LogP contribution in [0, 0.1) is 6.42 Å². The van der Waals surface area contributed by atoms with Gasteiger partial charge in [-0.1, -0.05) is 6.08 Å². The molecule has 1 rings (SSSR count). The van der Waals surface area contributed by atoms with Gasteiger partial charge in [0.1, 0.15) is 0 Å². The van der Waals surface area contributed by atoms with Crippen LogP contribution >= 0.6 is 0 Å². The van der Waals surface area contributed by atoms with E-state index in [0.29, 0.717) is 12.8 Å². The van der Waals surface area contributed by atoms with Crippen molar-refractivity contribution in [1.82, 2.24) is 0 Å². The highest BCUT2D eigenvalue weighted by molar-refractivity contribution is 5.21. The molecule has 10 heavy (non-hydrogen) atoms. The molecular weight excluding hydrogens is 141 g/mol. The maximum absolute atomic E-state index is 11.8. The van der Waals surface area contributed by atoms with Gasteiger partial charge in [0.15, 0.2) is 0 Å². The molecule has 0 aromatic rings. The molecule has 0 saturated carbocycles. The van der Waals surface area contributed by atoms with Crippen molar-refractivity contribution in [3.63, 3.8) is 0 Å². The lowest BCUT2D eigenvalue weighted by atomic mass is 9.99. The molecule has 0 N–H and O–H groups in total. The number of allylic oxidation sites excluding steroid dienone is 2. The van der Waals surface area contributed by atoms with Crippen LogP contribution in [0.15, 0.2) is 11.6 Å². The molecule has 0 amide bonds. The van der Waals surface area contributed by atoms with Crippen molar-refractivity contribution in [1.29, 1.82) is 0 Å². The molecule has 0 nitrogen and oxygen atoms in total. The third-order valence-electron chi connectivity index (χ3n) is 1.35. The Kier molecular flexibility index (Phi) is 2.02. The van der Waals surface area contributed by atoms with Gasteiger partial charge in [0.05, 0.1) is 0 Å². The van der Waals surface area contributed by atoms with Crippen LogP contribution in [0.4, 0.5) is 13.2 Å². The van der Waals surface area contributed by atoms with Crippen LogP contribution in [0.25, 0.3) is 0 Å². The van der Waals surface area contributed by atoms with Crippen molar-refractivity contribution in [3.8, 4) is 0 Å². The number of hydrogen-bond donors (Lipinski definition) is 0. The molecule has 0 unspecified atom stereocenters. The van der Waals surface area contributed by atoms with Gasteiger partial charge in [-0.3, -0.25) is 0 Å². The first-order chi connectivity index (χ1) is 4.61.